The summed E-state index contributed by atoms with van der Waals surface area (Å²) < 4.78 is 7.02. The summed E-state index contributed by atoms with van der Waals surface area (Å²) in [6.07, 6.45) is 6.63. The third kappa shape index (κ3) is 4.39. The largest absolute Gasteiger partial charge is 0.496 e. The Morgan fingerprint density at radius 2 is 1.87 bits per heavy atom. The molecule has 0 saturated carbocycles. The van der Waals surface area contributed by atoms with Gasteiger partial charge in [-0.25, -0.2) is 15.0 Å². The molecule has 9 heteroatoms. The van der Waals surface area contributed by atoms with Crippen molar-refractivity contribution in [2.75, 3.05) is 17.7 Å². The summed E-state index contributed by atoms with van der Waals surface area (Å²) in [5, 5.41) is 6.51. The molecule has 4 rings (SSSR count). The van der Waals surface area contributed by atoms with Crippen LogP contribution in [0.2, 0.25) is 5.02 Å². The fourth-order valence-electron chi connectivity index (χ4n) is 2.79. The predicted octanol–water partition coefficient (Wildman–Crippen LogP) is 4.32. The van der Waals surface area contributed by atoms with Gasteiger partial charge < -0.3 is 15.4 Å². The van der Waals surface area contributed by atoms with Crippen LogP contribution in [0.5, 0.6) is 5.75 Å². The second kappa shape index (κ2) is 8.62. The number of amides is 1. The molecule has 2 aromatic heterocycles. The van der Waals surface area contributed by atoms with E-state index in [1.165, 1.54) is 13.4 Å². The molecule has 0 saturated heterocycles. The van der Waals surface area contributed by atoms with Crippen LogP contribution >= 0.6 is 11.6 Å². The van der Waals surface area contributed by atoms with Gasteiger partial charge in [-0.2, -0.15) is 0 Å². The molecule has 30 heavy (non-hydrogen) atoms. The first-order valence-corrected chi connectivity index (χ1v) is 9.32. The molecule has 150 valence electrons. The van der Waals surface area contributed by atoms with Gasteiger partial charge in [0, 0.05) is 34.9 Å². The van der Waals surface area contributed by atoms with E-state index in [1.807, 2.05) is 18.2 Å². The number of nitrogens with zero attached hydrogens (tertiary/aromatic N) is 4. The molecular formula is C21H17ClN6O2. The molecule has 0 fully saturated rings. The van der Waals surface area contributed by atoms with Crippen LogP contribution in [0.15, 0.2) is 73.6 Å². The maximum absolute atomic E-state index is 12.6. The minimum absolute atomic E-state index is 0.309. The smallest absolute Gasteiger partial charge is 0.259 e. The standard InChI is InChI=1S/C21H17ClN6O2/c1-30-18-7-2-14(22)10-17(18)21(29)27-16-5-3-15(4-6-16)26-19-11-20(25-12-24-19)28-9-8-23-13-28/h2-13H,1H3,(H,27,29)(H,24,25,26). The van der Waals surface area contributed by atoms with Gasteiger partial charge in [0.25, 0.3) is 5.91 Å². The van der Waals surface area contributed by atoms with Crippen molar-refractivity contribution in [3.63, 3.8) is 0 Å². The van der Waals surface area contributed by atoms with Gasteiger partial charge in [0.05, 0.1) is 12.7 Å². The van der Waals surface area contributed by atoms with Crippen LogP contribution in [-0.4, -0.2) is 32.5 Å². The van der Waals surface area contributed by atoms with Crippen LogP contribution in [0.3, 0.4) is 0 Å². The van der Waals surface area contributed by atoms with Crippen molar-refractivity contribution in [2.45, 2.75) is 0 Å². The molecule has 2 N–H and O–H groups in total. The summed E-state index contributed by atoms with van der Waals surface area (Å²) in [5.74, 6) is 1.47. The highest BCUT2D eigenvalue weighted by molar-refractivity contribution is 6.31. The Morgan fingerprint density at radius 1 is 1.07 bits per heavy atom. The van der Waals surface area contributed by atoms with Gasteiger partial charge in [0.15, 0.2) is 0 Å². The first-order valence-electron chi connectivity index (χ1n) is 8.95. The summed E-state index contributed by atoms with van der Waals surface area (Å²) in [5.41, 5.74) is 1.80. The van der Waals surface area contributed by atoms with Crippen LogP contribution in [-0.2, 0) is 0 Å². The van der Waals surface area contributed by atoms with Crippen molar-refractivity contribution < 1.29 is 9.53 Å². The Kier molecular flexibility index (Phi) is 5.58. The molecule has 0 aliphatic carbocycles. The third-order valence-electron chi connectivity index (χ3n) is 4.24. The van der Waals surface area contributed by atoms with E-state index in [0.717, 1.165) is 5.69 Å². The van der Waals surface area contributed by atoms with Crippen molar-refractivity contribution in [1.29, 1.82) is 0 Å². The molecule has 0 unspecified atom stereocenters. The average molecular weight is 421 g/mol. The molecule has 8 nitrogen and oxygen atoms in total. The fraction of sp³-hybridized carbons (Fsp3) is 0.0476. The number of carbonyl (C=O) groups is 1. The maximum Gasteiger partial charge on any atom is 0.259 e. The van der Waals surface area contributed by atoms with Gasteiger partial charge in [-0.05, 0) is 42.5 Å². The first kappa shape index (κ1) is 19.4. The molecule has 1 amide bonds. The number of hydrogen-bond acceptors (Lipinski definition) is 6. The van der Waals surface area contributed by atoms with Gasteiger partial charge in [0.1, 0.15) is 30.0 Å². The van der Waals surface area contributed by atoms with E-state index in [4.69, 9.17) is 16.3 Å². The second-order valence-electron chi connectivity index (χ2n) is 6.23. The topological polar surface area (TPSA) is 94.0 Å². The van der Waals surface area contributed by atoms with E-state index >= 15 is 0 Å². The highest BCUT2D eigenvalue weighted by Crippen LogP contribution is 2.24. The Balaban J connectivity index is 1.45. The number of anilines is 3. The van der Waals surface area contributed by atoms with E-state index in [0.29, 0.717) is 33.7 Å². The van der Waals surface area contributed by atoms with E-state index in [9.17, 15) is 4.79 Å². The summed E-state index contributed by atoms with van der Waals surface area (Å²) in [7, 11) is 1.51. The molecule has 0 aliphatic rings. The Hall–Kier alpha value is -3.91. The highest BCUT2D eigenvalue weighted by atomic mass is 35.5. The van der Waals surface area contributed by atoms with Gasteiger partial charge in [-0.3, -0.25) is 9.36 Å². The Bertz CT molecular complexity index is 1160. The number of hydrogen-bond donors (Lipinski definition) is 2. The molecule has 2 aromatic carbocycles. The van der Waals surface area contributed by atoms with E-state index in [-0.39, 0.29) is 5.91 Å². The van der Waals surface area contributed by atoms with E-state index in [1.54, 1.807) is 53.6 Å². The number of ether oxygens (including phenoxy) is 1. The molecule has 2 heterocycles. The number of carbonyl (C=O) groups excluding carboxylic acids is 1. The predicted molar refractivity (Wildman–Crippen MR) is 115 cm³/mol. The number of methoxy groups -OCH3 is 1. The van der Waals surface area contributed by atoms with Crippen molar-refractivity contribution in [2.24, 2.45) is 0 Å². The summed E-state index contributed by atoms with van der Waals surface area (Å²) in [6, 6.07) is 14.0. The van der Waals surface area contributed by atoms with Gasteiger partial charge in [-0.15, -0.1) is 0 Å². The summed E-state index contributed by atoms with van der Waals surface area (Å²) in [6.45, 7) is 0. The van der Waals surface area contributed by atoms with Gasteiger partial charge >= 0.3 is 0 Å². The Morgan fingerprint density at radius 3 is 2.60 bits per heavy atom. The number of rotatable bonds is 6. The lowest BCUT2D eigenvalue weighted by Gasteiger charge is -2.11. The zero-order valence-corrected chi connectivity index (χ0v) is 16.7. The van der Waals surface area contributed by atoms with Crippen LogP contribution in [0.1, 0.15) is 10.4 Å². The minimum Gasteiger partial charge on any atom is -0.496 e. The Labute approximate surface area is 177 Å². The van der Waals surface area contributed by atoms with Gasteiger partial charge in [0.2, 0.25) is 0 Å². The molecule has 0 aliphatic heterocycles. The zero-order valence-electron chi connectivity index (χ0n) is 15.9. The minimum atomic E-state index is -0.309. The molecule has 4 aromatic rings. The van der Waals surface area contributed by atoms with E-state index in [2.05, 4.69) is 25.6 Å². The number of imidazole rings is 1. The monoisotopic (exact) mass is 420 g/mol. The molecule has 0 spiro atoms. The maximum atomic E-state index is 12.6. The third-order valence-corrected chi connectivity index (χ3v) is 4.48. The number of nitrogens with one attached hydrogen (secondary N) is 2. The highest BCUT2D eigenvalue weighted by Gasteiger charge is 2.13. The van der Waals surface area contributed by atoms with Crippen LogP contribution < -0.4 is 15.4 Å². The lowest BCUT2D eigenvalue weighted by atomic mass is 10.1. The van der Waals surface area contributed by atoms with Crippen molar-refractivity contribution in [3.05, 3.63) is 84.2 Å². The van der Waals surface area contributed by atoms with Crippen molar-refractivity contribution >= 4 is 34.7 Å². The number of benzene rings is 2. The molecule has 0 radical (unpaired) electrons. The molecule has 0 bridgehead atoms. The average Bonchev–Trinajstić information content (AvgIpc) is 3.30. The normalized spacial score (nSPS) is 10.5. The number of halogens is 1. The van der Waals surface area contributed by atoms with Crippen LogP contribution in [0.25, 0.3) is 5.82 Å². The zero-order chi connectivity index (χ0) is 20.9. The lowest BCUT2D eigenvalue weighted by molar-refractivity contribution is 0.102. The number of aromatic nitrogens is 4. The first-order chi connectivity index (χ1) is 14.6. The van der Waals surface area contributed by atoms with Crippen molar-refractivity contribution in [3.8, 4) is 11.6 Å². The molecular weight excluding hydrogens is 404 g/mol. The molecule has 0 atom stereocenters. The SMILES string of the molecule is COc1ccc(Cl)cc1C(=O)Nc1ccc(Nc2cc(-n3ccnc3)ncn2)cc1. The van der Waals surface area contributed by atoms with Crippen molar-refractivity contribution in [1.82, 2.24) is 19.5 Å². The quantitative estimate of drug-likeness (QED) is 0.482. The lowest BCUT2D eigenvalue weighted by Crippen LogP contribution is -2.13. The van der Waals surface area contributed by atoms with Crippen LogP contribution in [0, 0.1) is 0 Å². The fourth-order valence-corrected chi connectivity index (χ4v) is 2.96. The second-order valence-corrected chi connectivity index (χ2v) is 6.67. The summed E-state index contributed by atoms with van der Waals surface area (Å²) in [4.78, 5) is 25.1. The van der Waals surface area contributed by atoms with Gasteiger partial charge in [-0.1, -0.05) is 11.6 Å². The van der Waals surface area contributed by atoms with Crippen LogP contribution in [0.4, 0.5) is 17.2 Å². The van der Waals surface area contributed by atoms with E-state index < -0.39 is 0 Å². The summed E-state index contributed by atoms with van der Waals surface area (Å²) >= 11 is 6.00.